The van der Waals surface area contributed by atoms with Crippen LogP contribution in [0.5, 0.6) is 5.75 Å². The number of carbonyl (C=O) groups is 2. The lowest BCUT2D eigenvalue weighted by atomic mass is 10.2. The molecular formula is C17H26N4O3. The second-order valence-electron chi connectivity index (χ2n) is 5.94. The number of amides is 2. The van der Waals surface area contributed by atoms with Gasteiger partial charge in [0.15, 0.2) is 0 Å². The summed E-state index contributed by atoms with van der Waals surface area (Å²) in [6.07, 6.45) is 0. The number of nitrogens with zero attached hydrogens (tertiary/aromatic N) is 2. The molecule has 0 aliphatic carbocycles. The molecule has 1 saturated heterocycles. The summed E-state index contributed by atoms with van der Waals surface area (Å²) in [6.45, 7) is 6.03. The Morgan fingerprint density at radius 3 is 2.38 bits per heavy atom. The molecule has 7 heteroatoms. The van der Waals surface area contributed by atoms with Gasteiger partial charge in [0.05, 0.1) is 13.2 Å². The number of nitrogens with two attached hydrogens (primary N) is 1. The van der Waals surface area contributed by atoms with E-state index in [2.05, 4.69) is 10.2 Å². The molecule has 24 heavy (non-hydrogen) atoms. The zero-order valence-corrected chi connectivity index (χ0v) is 14.3. The maximum atomic E-state index is 12.1. The third-order valence-corrected chi connectivity index (χ3v) is 4.14. The average molecular weight is 334 g/mol. The van der Waals surface area contributed by atoms with Crippen LogP contribution in [0.3, 0.4) is 0 Å². The van der Waals surface area contributed by atoms with E-state index in [4.69, 9.17) is 10.5 Å². The summed E-state index contributed by atoms with van der Waals surface area (Å²) in [6, 6.07) is 6.58. The average Bonchev–Trinajstić information content (AvgIpc) is 2.61. The van der Waals surface area contributed by atoms with Crippen LogP contribution in [0.25, 0.3) is 0 Å². The molecule has 132 valence electrons. The fraction of sp³-hybridized carbons (Fsp3) is 0.529. The topological polar surface area (TPSA) is 87.9 Å². The number of piperazine rings is 1. The Balaban J connectivity index is 1.69. The number of hydrogen-bond donors (Lipinski definition) is 2. The van der Waals surface area contributed by atoms with Crippen LogP contribution in [-0.2, 0) is 4.79 Å². The fourth-order valence-corrected chi connectivity index (χ4v) is 2.65. The van der Waals surface area contributed by atoms with E-state index in [9.17, 15) is 9.59 Å². The number of benzene rings is 1. The predicted molar refractivity (Wildman–Crippen MR) is 92.0 cm³/mol. The second-order valence-corrected chi connectivity index (χ2v) is 5.94. The highest BCUT2D eigenvalue weighted by atomic mass is 16.5. The summed E-state index contributed by atoms with van der Waals surface area (Å²) in [4.78, 5) is 27.9. The summed E-state index contributed by atoms with van der Waals surface area (Å²) in [7, 11) is 1.59. The maximum absolute atomic E-state index is 12.1. The van der Waals surface area contributed by atoms with Crippen LogP contribution in [0.15, 0.2) is 24.3 Å². The molecule has 1 fully saturated rings. The molecule has 2 rings (SSSR count). The normalized spacial score (nSPS) is 16.5. The highest BCUT2D eigenvalue weighted by molar-refractivity contribution is 5.94. The first kappa shape index (κ1) is 18.2. The quantitative estimate of drug-likeness (QED) is 0.759. The number of rotatable bonds is 6. The van der Waals surface area contributed by atoms with E-state index in [-0.39, 0.29) is 11.8 Å². The van der Waals surface area contributed by atoms with Crippen molar-refractivity contribution in [3.05, 3.63) is 29.8 Å². The molecule has 1 heterocycles. The van der Waals surface area contributed by atoms with Crippen molar-refractivity contribution in [1.29, 1.82) is 0 Å². The largest absolute Gasteiger partial charge is 0.497 e. The summed E-state index contributed by atoms with van der Waals surface area (Å²) >= 11 is 0. The van der Waals surface area contributed by atoms with E-state index in [1.165, 1.54) is 0 Å². The van der Waals surface area contributed by atoms with Gasteiger partial charge in [-0.05, 0) is 31.2 Å². The van der Waals surface area contributed by atoms with E-state index < -0.39 is 6.04 Å². The van der Waals surface area contributed by atoms with Crippen molar-refractivity contribution >= 4 is 11.8 Å². The van der Waals surface area contributed by atoms with E-state index in [1.807, 2.05) is 0 Å². The van der Waals surface area contributed by atoms with Crippen molar-refractivity contribution in [2.45, 2.75) is 13.0 Å². The number of hydrogen-bond acceptors (Lipinski definition) is 5. The number of methoxy groups -OCH3 is 1. The van der Waals surface area contributed by atoms with E-state index >= 15 is 0 Å². The van der Waals surface area contributed by atoms with Gasteiger partial charge < -0.3 is 20.7 Å². The molecule has 0 aromatic heterocycles. The molecular weight excluding hydrogens is 308 g/mol. The molecule has 1 aromatic rings. The van der Waals surface area contributed by atoms with Crippen molar-refractivity contribution in [3.8, 4) is 5.75 Å². The lowest BCUT2D eigenvalue weighted by Crippen LogP contribution is -2.53. The fourth-order valence-electron chi connectivity index (χ4n) is 2.65. The van der Waals surface area contributed by atoms with Crippen molar-refractivity contribution in [3.63, 3.8) is 0 Å². The highest BCUT2D eigenvalue weighted by Gasteiger charge is 2.22. The molecule has 7 nitrogen and oxygen atoms in total. The van der Waals surface area contributed by atoms with Crippen LogP contribution in [0.2, 0.25) is 0 Å². The van der Waals surface area contributed by atoms with Crippen LogP contribution in [0, 0.1) is 0 Å². The molecule has 0 saturated carbocycles. The van der Waals surface area contributed by atoms with Gasteiger partial charge in [0.2, 0.25) is 5.91 Å². The number of nitrogens with one attached hydrogen (secondary N) is 1. The van der Waals surface area contributed by atoms with Gasteiger partial charge in [-0.2, -0.15) is 0 Å². The number of carbonyl (C=O) groups excluding carboxylic acids is 2. The summed E-state index contributed by atoms with van der Waals surface area (Å²) in [5.74, 6) is 0.636. The first-order valence-corrected chi connectivity index (χ1v) is 8.20. The van der Waals surface area contributed by atoms with Crippen molar-refractivity contribution in [1.82, 2.24) is 15.1 Å². The van der Waals surface area contributed by atoms with Gasteiger partial charge in [-0.1, -0.05) is 0 Å². The first-order chi connectivity index (χ1) is 11.5. The zero-order valence-electron chi connectivity index (χ0n) is 14.3. The van der Waals surface area contributed by atoms with Gasteiger partial charge in [0.1, 0.15) is 5.75 Å². The maximum Gasteiger partial charge on any atom is 0.251 e. The molecule has 3 N–H and O–H groups in total. The van der Waals surface area contributed by atoms with Crippen LogP contribution < -0.4 is 15.8 Å². The minimum absolute atomic E-state index is 0.00228. The molecule has 1 atom stereocenters. The second kappa shape index (κ2) is 8.65. The molecule has 0 radical (unpaired) electrons. The first-order valence-electron chi connectivity index (χ1n) is 8.20. The minimum Gasteiger partial charge on any atom is -0.497 e. The third-order valence-electron chi connectivity index (χ3n) is 4.14. The Bertz CT molecular complexity index is 551. The van der Waals surface area contributed by atoms with E-state index in [0.717, 1.165) is 25.4 Å². The Morgan fingerprint density at radius 1 is 1.21 bits per heavy atom. The van der Waals surface area contributed by atoms with Crippen LogP contribution in [0.4, 0.5) is 0 Å². The molecule has 0 bridgehead atoms. The molecule has 1 aliphatic rings. The van der Waals surface area contributed by atoms with Crippen molar-refractivity contribution in [2.24, 2.45) is 5.73 Å². The lowest BCUT2D eigenvalue weighted by Gasteiger charge is -2.35. The summed E-state index contributed by atoms with van der Waals surface area (Å²) < 4.78 is 5.08. The molecule has 0 spiro atoms. The van der Waals surface area contributed by atoms with Gasteiger partial charge in [-0.25, -0.2) is 0 Å². The smallest absolute Gasteiger partial charge is 0.251 e. The Labute approximate surface area is 142 Å². The van der Waals surface area contributed by atoms with Gasteiger partial charge in [0, 0.05) is 44.8 Å². The van der Waals surface area contributed by atoms with Crippen LogP contribution >= 0.6 is 0 Å². The van der Waals surface area contributed by atoms with Crippen molar-refractivity contribution in [2.75, 3.05) is 46.4 Å². The van der Waals surface area contributed by atoms with Gasteiger partial charge >= 0.3 is 0 Å². The van der Waals surface area contributed by atoms with Gasteiger partial charge in [-0.3, -0.25) is 14.5 Å². The number of ether oxygens (including phenoxy) is 1. The standard InChI is InChI=1S/C17H26N4O3/c1-13(18)17(23)21-11-9-20(10-12-21)8-7-19-16(22)14-3-5-15(24-2)6-4-14/h3-6,13H,7-12,18H2,1-2H3,(H,19,22). The third kappa shape index (κ3) is 4.94. The minimum atomic E-state index is -0.444. The van der Waals surface area contributed by atoms with Crippen LogP contribution in [-0.4, -0.2) is 74.0 Å². The monoisotopic (exact) mass is 334 g/mol. The molecule has 1 unspecified atom stereocenters. The molecule has 2 amide bonds. The Hall–Kier alpha value is -2.12. The zero-order chi connectivity index (χ0) is 17.5. The Morgan fingerprint density at radius 2 is 1.83 bits per heavy atom. The highest BCUT2D eigenvalue weighted by Crippen LogP contribution is 2.11. The molecule has 1 aliphatic heterocycles. The van der Waals surface area contributed by atoms with E-state index in [1.54, 1.807) is 43.2 Å². The summed E-state index contributed by atoms with van der Waals surface area (Å²) in [5, 5.41) is 2.91. The molecule has 1 aromatic carbocycles. The van der Waals surface area contributed by atoms with Crippen molar-refractivity contribution < 1.29 is 14.3 Å². The Kier molecular flexibility index (Phi) is 6.57. The SMILES string of the molecule is COc1ccc(C(=O)NCCN2CCN(C(=O)C(C)N)CC2)cc1. The van der Waals surface area contributed by atoms with Gasteiger partial charge in [-0.15, -0.1) is 0 Å². The lowest BCUT2D eigenvalue weighted by molar-refractivity contribution is -0.133. The van der Waals surface area contributed by atoms with Gasteiger partial charge in [0.25, 0.3) is 5.91 Å². The van der Waals surface area contributed by atoms with Crippen LogP contribution in [0.1, 0.15) is 17.3 Å². The van der Waals surface area contributed by atoms with E-state index in [0.29, 0.717) is 25.2 Å². The predicted octanol–water partition coefficient (Wildman–Crippen LogP) is -0.0836. The summed E-state index contributed by atoms with van der Waals surface area (Å²) in [5.41, 5.74) is 6.24.